The van der Waals surface area contributed by atoms with Gasteiger partial charge in [0.1, 0.15) is 11.9 Å². The number of aryl methyl sites for hydroxylation is 1. The normalized spacial score (nSPS) is 16.4. The van der Waals surface area contributed by atoms with Crippen LogP contribution in [0.25, 0.3) is 11.3 Å². The number of nitrogen functional groups attached to an aromatic ring is 1. The van der Waals surface area contributed by atoms with E-state index in [1.165, 1.54) is 0 Å². The molecule has 0 bridgehead atoms. The Morgan fingerprint density at radius 2 is 2.00 bits per heavy atom. The van der Waals surface area contributed by atoms with Crippen LogP contribution in [-0.2, 0) is 4.74 Å². The van der Waals surface area contributed by atoms with Gasteiger partial charge in [-0.3, -0.25) is 0 Å². The molecule has 4 N–H and O–H groups in total. The molecule has 0 amide bonds. The van der Waals surface area contributed by atoms with Gasteiger partial charge < -0.3 is 25.6 Å². The van der Waals surface area contributed by atoms with Crippen LogP contribution in [0.4, 0.5) is 11.5 Å². The van der Waals surface area contributed by atoms with Gasteiger partial charge in [-0.05, 0) is 48.4 Å². The SMILES string of the molecule is Cc1cc(C(=O)O)ccc1[C@@H]1CN(c2cc(-c3ccccc3O)nnc2N)CCO1. The quantitative estimate of drug-likeness (QED) is 0.604. The summed E-state index contributed by atoms with van der Waals surface area (Å²) in [6, 6.07) is 13.8. The number of benzene rings is 2. The summed E-state index contributed by atoms with van der Waals surface area (Å²) in [5.41, 5.74) is 9.99. The molecule has 8 nitrogen and oxygen atoms in total. The Morgan fingerprint density at radius 3 is 2.73 bits per heavy atom. The standard InChI is InChI=1S/C22H22N4O4/c1-13-10-14(22(28)29)6-7-15(13)20-12-26(8-9-30-20)18-11-17(24-25-21(18)23)16-4-2-3-5-19(16)27/h2-7,10-11,20,27H,8-9,12H2,1H3,(H2,23,25)(H,28,29)/t20-/m0/s1. The number of nitrogens with two attached hydrogens (primary N) is 1. The van der Waals surface area contributed by atoms with Crippen LogP contribution in [0.5, 0.6) is 5.75 Å². The second kappa shape index (κ2) is 8.00. The molecule has 3 aromatic rings. The van der Waals surface area contributed by atoms with E-state index in [0.717, 1.165) is 16.8 Å². The van der Waals surface area contributed by atoms with Crippen LogP contribution in [0.1, 0.15) is 27.6 Å². The number of carboxylic acid groups (broad SMARTS) is 1. The van der Waals surface area contributed by atoms with Crippen LogP contribution in [0.2, 0.25) is 0 Å². The van der Waals surface area contributed by atoms with E-state index in [-0.39, 0.29) is 17.4 Å². The van der Waals surface area contributed by atoms with E-state index in [1.54, 1.807) is 36.4 Å². The number of anilines is 2. The Morgan fingerprint density at radius 1 is 1.20 bits per heavy atom. The summed E-state index contributed by atoms with van der Waals surface area (Å²) >= 11 is 0. The van der Waals surface area contributed by atoms with Crippen LogP contribution in [0.15, 0.2) is 48.5 Å². The highest BCUT2D eigenvalue weighted by atomic mass is 16.5. The van der Waals surface area contributed by atoms with Gasteiger partial charge in [0, 0.05) is 18.7 Å². The number of para-hydroxylation sites is 1. The van der Waals surface area contributed by atoms with E-state index >= 15 is 0 Å². The molecule has 154 valence electrons. The smallest absolute Gasteiger partial charge is 0.335 e. The number of carbonyl (C=O) groups is 1. The second-order valence-corrected chi connectivity index (χ2v) is 7.20. The van der Waals surface area contributed by atoms with Crippen molar-refractivity contribution in [3.63, 3.8) is 0 Å². The third-order valence-electron chi connectivity index (χ3n) is 5.25. The van der Waals surface area contributed by atoms with Crippen molar-refractivity contribution in [3.05, 3.63) is 65.2 Å². The maximum Gasteiger partial charge on any atom is 0.335 e. The Bertz CT molecular complexity index is 1100. The van der Waals surface area contributed by atoms with Gasteiger partial charge in [0.2, 0.25) is 0 Å². The van der Waals surface area contributed by atoms with Crippen molar-refractivity contribution in [2.24, 2.45) is 0 Å². The van der Waals surface area contributed by atoms with Crippen molar-refractivity contribution < 1.29 is 19.7 Å². The Balaban J connectivity index is 1.63. The number of nitrogens with zero attached hydrogens (tertiary/aromatic N) is 3. The maximum atomic E-state index is 11.2. The fraction of sp³-hybridized carbons (Fsp3) is 0.227. The summed E-state index contributed by atoms with van der Waals surface area (Å²) in [6.07, 6.45) is -0.234. The van der Waals surface area contributed by atoms with Crippen molar-refractivity contribution in [2.75, 3.05) is 30.3 Å². The van der Waals surface area contributed by atoms with Crippen molar-refractivity contribution >= 4 is 17.5 Å². The first-order valence-electron chi connectivity index (χ1n) is 9.56. The number of morpholine rings is 1. The third kappa shape index (κ3) is 3.77. The zero-order valence-electron chi connectivity index (χ0n) is 16.4. The van der Waals surface area contributed by atoms with Crippen LogP contribution in [-0.4, -0.2) is 46.1 Å². The third-order valence-corrected chi connectivity index (χ3v) is 5.25. The number of phenolic OH excluding ortho intramolecular Hbond substituents is 1. The molecule has 0 spiro atoms. The molecule has 30 heavy (non-hydrogen) atoms. The van der Waals surface area contributed by atoms with E-state index < -0.39 is 5.97 Å². The van der Waals surface area contributed by atoms with Crippen molar-refractivity contribution in [1.82, 2.24) is 10.2 Å². The largest absolute Gasteiger partial charge is 0.507 e. The number of hydrogen-bond donors (Lipinski definition) is 3. The predicted molar refractivity (Wildman–Crippen MR) is 113 cm³/mol. The fourth-order valence-corrected chi connectivity index (χ4v) is 3.69. The molecule has 4 rings (SSSR count). The van der Waals surface area contributed by atoms with Crippen LogP contribution in [0.3, 0.4) is 0 Å². The number of aromatic nitrogens is 2. The zero-order valence-corrected chi connectivity index (χ0v) is 16.4. The minimum atomic E-state index is -0.955. The molecule has 1 fully saturated rings. The molecule has 0 aliphatic carbocycles. The molecule has 1 aliphatic rings. The van der Waals surface area contributed by atoms with Gasteiger partial charge in [0.15, 0.2) is 5.82 Å². The Labute approximate surface area is 173 Å². The van der Waals surface area contributed by atoms with Gasteiger partial charge in [-0.25, -0.2) is 4.79 Å². The number of aromatic carboxylic acids is 1. The number of aromatic hydroxyl groups is 1. The van der Waals surface area contributed by atoms with Gasteiger partial charge in [-0.2, -0.15) is 0 Å². The molecule has 0 unspecified atom stereocenters. The highest BCUT2D eigenvalue weighted by Crippen LogP contribution is 2.34. The molecule has 2 heterocycles. The minimum absolute atomic E-state index is 0.122. The summed E-state index contributed by atoms with van der Waals surface area (Å²) in [7, 11) is 0. The monoisotopic (exact) mass is 406 g/mol. The average Bonchev–Trinajstić information content (AvgIpc) is 2.74. The first kappa shape index (κ1) is 19.7. The van der Waals surface area contributed by atoms with Gasteiger partial charge in [-0.15, -0.1) is 10.2 Å². The molecule has 1 atom stereocenters. The number of ether oxygens (including phenoxy) is 1. The number of phenols is 1. The highest BCUT2D eigenvalue weighted by molar-refractivity contribution is 5.87. The Kier molecular flexibility index (Phi) is 5.24. The lowest BCUT2D eigenvalue weighted by molar-refractivity contribution is 0.0394. The predicted octanol–water partition coefficient (Wildman–Crippen LogP) is 3.02. The highest BCUT2D eigenvalue weighted by Gasteiger charge is 2.26. The first-order valence-corrected chi connectivity index (χ1v) is 9.56. The van der Waals surface area contributed by atoms with E-state index in [4.69, 9.17) is 10.5 Å². The summed E-state index contributed by atoms with van der Waals surface area (Å²) < 4.78 is 5.96. The zero-order chi connectivity index (χ0) is 21.3. The molecule has 8 heteroatoms. The summed E-state index contributed by atoms with van der Waals surface area (Å²) in [5.74, 6) is -0.535. The van der Waals surface area contributed by atoms with Gasteiger partial charge in [0.05, 0.1) is 23.6 Å². The first-order chi connectivity index (χ1) is 14.4. The summed E-state index contributed by atoms with van der Waals surface area (Å²) in [5, 5.41) is 27.6. The van der Waals surface area contributed by atoms with Crippen molar-refractivity contribution in [3.8, 4) is 17.0 Å². The molecular weight excluding hydrogens is 384 g/mol. The van der Waals surface area contributed by atoms with Gasteiger partial charge in [-0.1, -0.05) is 18.2 Å². The van der Waals surface area contributed by atoms with Crippen molar-refractivity contribution in [1.29, 1.82) is 0 Å². The van der Waals surface area contributed by atoms with Gasteiger partial charge >= 0.3 is 5.97 Å². The molecule has 0 radical (unpaired) electrons. The van der Waals surface area contributed by atoms with E-state index in [1.807, 2.05) is 19.1 Å². The fourth-order valence-electron chi connectivity index (χ4n) is 3.69. The van der Waals surface area contributed by atoms with Crippen molar-refractivity contribution in [2.45, 2.75) is 13.0 Å². The molecule has 0 saturated carbocycles. The minimum Gasteiger partial charge on any atom is -0.507 e. The van der Waals surface area contributed by atoms with Crippen LogP contribution < -0.4 is 10.6 Å². The van der Waals surface area contributed by atoms with E-state index in [0.29, 0.717) is 36.8 Å². The molecule has 2 aromatic carbocycles. The second-order valence-electron chi connectivity index (χ2n) is 7.20. The molecular formula is C22H22N4O4. The molecule has 1 aliphatic heterocycles. The Hall–Kier alpha value is -3.65. The summed E-state index contributed by atoms with van der Waals surface area (Å²) in [6.45, 7) is 3.52. The maximum absolute atomic E-state index is 11.2. The number of carboxylic acids is 1. The molecule has 1 aromatic heterocycles. The number of hydrogen-bond acceptors (Lipinski definition) is 7. The topological polar surface area (TPSA) is 122 Å². The van der Waals surface area contributed by atoms with E-state index in [2.05, 4.69) is 15.1 Å². The number of rotatable bonds is 4. The lowest BCUT2D eigenvalue weighted by atomic mass is 9.99. The van der Waals surface area contributed by atoms with Crippen LogP contribution >= 0.6 is 0 Å². The average molecular weight is 406 g/mol. The molecule has 1 saturated heterocycles. The summed E-state index contributed by atoms with van der Waals surface area (Å²) in [4.78, 5) is 13.3. The van der Waals surface area contributed by atoms with E-state index in [9.17, 15) is 15.0 Å². The lowest BCUT2D eigenvalue weighted by Crippen LogP contribution is -2.39. The van der Waals surface area contributed by atoms with Crippen LogP contribution in [0, 0.1) is 6.92 Å². The lowest BCUT2D eigenvalue weighted by Gasteiger charge is -2.35. The van der Waals surface area contributed by atoms with Gasteiger partial charge in [0.25, 0.3) is 0 Å².